The van der Waals surface area contributed by atoms with Crippen molar-refractivity contribution in [3.63, 3.8) is 0 Å². The first-order valence-corrected chi connectivity index (χ1v) is 11.3. The number of carbonyl (C=O) groups excluding carboxylic acids is 1. The third-order valence-electron chi connectivity index (χ3n) is 4.54. The molecule has 148 valence electrons. The molecule has 0 aliphatic rings. The first kappa shape index (κ1) is 22.0. The van der Waals surface area contributed by atoms with Crippen LogP contribution in [0, 0.1) is 18.3 Å². The fourth-order valence-corrected chi connectivity index (χ4v) is 4.56. The summed E-state index contributed by atoms with van der Waals surface area (Å²) < 4.78 is 6.82. The van der Waals surface area contributed by atoms with Gasteiger partial charge in [0.2, 0.25) is 4.74 Å². The number of hydrogen-bond donors (Lipinski definition) is 0. The molecule has 0 unspecified atom stereocenters. The van der Waals surface area contributed by atoms with Gasteiger partial charge in [0.15, 0.2) is 5.12 Å². The van der Waals surface area contributed by atoms with Gasteiger partial charge in [0.1, 0.15) is 5.75 Å². The van der Waals surface area contributed by atoms with Crippen molar-refractivity contribution in [1.29, 1.82) is 0 Å². The Morgan fingerprint density at radius 1 is 1.26 bits per heavy atom. The monoisotopic (exact) mass is 406 g/mol. The molecule has 2 rings (SSSR count). The summed E-state index contributed by atoms with van der Waals surface area (Å²) in [5, 5.41) is 1.23. The smallest absolute Gasteiger partial charge is 0.236 e. The Balaban J connectivity index is 1.84. The van der Waals surface area contributed by atoms with E-state index in [1.807, 2.05) is 39.0 Å². The van der Waals surface area contributed by atoms with Gasteiger partial charge in [-0.15, -0.1) is 0 Å². The van der Waals surface area contributed by atoms with Gasteiger partial charge in [-0.25, -0.2) is 0 Å². The summed E-state index contributed by atoms with van der Waals surface area (Å²) in [7, 11) is 0. The number of hydrogen-bond acceptors (Lipinski definition) is 5. The number of aryl methyl sites for hydroxylation is 1. The van der Waals surface area contributed by atoms with Crippen LogP contribution in [-0.2, 0) is 4.79 Å². The van der Waals surface area contributed by atoms with Gasteiger partial charge in [0.05, 0.1) is 6.61 Å². The normalized spacial score (nSPS) is 11.9. The third kappa shape index (κ3) is 6.65. The minimum Gasteiger partial charge on any atom is -0.493 e. The zero-order valence-corrected chi connectivity index (χ0v) is 18.6. The molecule has 0 radical (unpaired) electrons. The standard InChI is InChI=1S/C22H30O3S2/c1-15(2)9-10-22(4,5)21(24)26-12-6-11-25-18-14-20(23)27-19-13-16(3)7-8-17(18)19/h7-8,13-15H,6,9-12H2,1-5H3. The number of fused-ring (bicyclic) bond motifs is 1. The Morgan fingerprint density at radius 3 is 2.70 bits per heavy atom. The molecular formula is C22H30O3S2. The van der Waals surface area contributed by atoms with E-state index in [4.69, 9.17) is 4.74 Å². The van der Waals surface area contributed by atoms with Gasteiger partial charge in [0.25, 0.3) is 0 Å². The molecule has 1 heterocycles. The van der Waals surface area contributed by atoms with Gasteiger partial charge >= 0.3 is 0 Å². The highest BCUT2D eigenvalue weighted by molar-refractivity contribution is 8.13. The molecule has 0 amide bonds. The predicted octanol–water partition coefficient (Wildman–Crippen LogP) is 6.06. The molecule has 0 aliphatic heterocycles. The quantitative estimate of drug-likeness (QED) is 0.475. The number of rotatable bonds is 9. The lowest BCUT2D eigenvalue weighted by Crippen LogP contribution is -2.22. The molecule has 0 spiro atoms. The zero-order valence-electron chi connectivity index (χ0n) is 17.0. The maximum Gasteiger partial charge on any atom is 0.236 e. The van der Waals surface area contributed by atoms with Crippen LogP contribution in [0.25, 0.3) is 10.1 Å². The van der Waals surface area contributed by atoms with Crippen LogP contribution in [0.4, 0.5) is 0 Å². The van der Waals surface area contributed by atoms with Crippen molar-refractivity contribution in [2.24, 2.45) is 11.3 Å². The molecule has 0 saturated heterocycles. The molecule has 0 bridgehead atoms. The van der Waals surface area contributed by atoms with E-state index in [1.54, 1.807) is 6.07 Å². The van der Waals surface area contributed by atoms with Crippen molar-refractivity contribution in [1.82, 2.24) is 0 Å². The Kier molecular flexibility index (Phi) is 7.92. The third-order valence-corrected chi connectivity index (χ3v) is 6.73. The molecule has 1 aromatic carbocycles. The van der Waals surface area contributed by atoms with E-state index in [1.165, 1.54) is 23.1 Å². The number of thioether (sulfide) groups is 1. The Hall–Kier alpha value is -1.33. The minimum atomic E-state index is -0.276. The minimum absolute atomic E-state index is 0.000412. The van der Waals surface area contributed by atoms with Crippen molar-refractivity contribution < 1.29 is 9.53 Å². The van der Waals surface area contributed by atoms with E-state index in [0.29, 0.717) is 18.3 Å². The Labute approximate surface area is 170 Å². The second-order valence-electron chi connectivity index (χ2n) is 8.08. The van der Waals surface area contributed by atoms with E-state index in [0.717, 1.165) is 40.7 Å². The fraction of sp³-hybridized carbons (Fsp3) is 0.545. The van der Waals surface area contributed by atoms with Crippen LogP contribution in [0.5, 0.6) is 5.75 Å². The van der Waals surface area contributed by atoms with Crippen LogP contribution in [0.15, 0.2) is 29.1 Å². The molecule has 0 aliphatic carbocycles. The zero-order chi connectivity index (χ0) is 20.0. The van der Waals surface area contributed by atoms with Gasteiger partial charge in [-0.05, 0) is 43.4 Å². The fourth-order valence-electron chi connectivity index (χ4n) is 2.71. The van der Waals surface area contributed by atoms with Crippen LogP contribution in [0.1, 0.15) is 52.5 Å². The second-order valence-corrected chi connectivity index (χ2v) is 10.2. The summed E-state index contributed by atoms with van der Waals surface area (Å²) in [5.41, 5.74) is 0.854. The van der Waals surface area contributed by atoms with Crippen LogP contribution in [0.2, 0.25) is 0 Å². The van der Waals surface area contributed by atoms with Crippen molar-refractivity contribution in [3.8, 4) is 5.75 Å². The average Bonchev–Trinajstić information content (AvgIpc) is 2.58. The maximum absolute atomic E-state index is 12.4. The van der Waals surface area contributed by atoms with Crippen LogP contribution < -0.4 is 9.48 Å². The highest BCUT2D eigenvalue weighted by atomic mass is 32.2. The van der Waals surface area contributed by atoms with Crippen LogP contribution in [0.3, 0.4) is 0 Å². The summed E-state index contributed by atoms with van der Waals surface area (Å²) in [6.07, 6.45) is 2.77. The van der Waals surface area contributed by atoms with E-state index in [2.05, 4.69) is 13.8 Å². The Morgan fingerprint density at radius 2 is 2.00 bits per heavy atom. The van der Waals surface area contributed by atoms with Crippen molar-refractivity contribution in [2.75, 3.05) is 12.4 Å². The van der Waals surface area contributed by atoms with E-state index >= 15 is 0 Å². The van der Waals surface area contributed by atoms with Gasteiger partial charge in [-0.3, -0.25) is 9.59 Å². The topological polar surface area (TPSA) is 43.4 Å². The van der Waals surface area contributed by atoms with E-state index in [9.17, 15) is 9.59 Å². The number of ether oxygens (including phenoxy) is 1. The first-order chi connectivity index (χ1) is 12.7. The Bertz CT molecular complexity index is 837. The van der Waals surface area contributed by atoms with Crippen LogP contribution in [-0.4, -0.2) is 17.5 Å². The summed E-state index contributed by atoms with van der Waals surface area (Å²) >= 11 is 2.64. The van der Waals surface area contributed by atoms with Gasteiger partial charge < -0.3 is 4.74 Å². The second kappa shape index (κ2) is 9.74. The molecule has 3 nitrogen and oxygen atoms in total. The van der Waals surface area contributed by atoms with Gasteiger partial charge in [0, 0.05) is 27.3 Å². The summed E-state index contributed by atoms with van der Waals surface area (Å²) in [4.78, 5) is 24.3. The summed E-state index contributed by atoms with van der Waals surface area (Å²) in [5.74, 6) is 2.00. The molecule has 0 fully saturated rings. The first-order valence-electron chi connectivity index (χ1n) is 9.53. The lowest BCUT2D eigenvalue weighted by atomic mass is 9.87. The highest BCUT2D eigenvalue weighted by Crippen LogP contribution is 2.31. The molecular weight excluding hydrogens is 376 g/mol. The molecule has 0 atom stereocenters. The average molecular weight is 407 g/mol. The van der Waals surface area contributed by atoms with Gasteiger partial charge in [-0.2, -0.15) is 0 Å². The van der Waals surface area contributed by atoms with Gasteiger partial charge in [-0.1, -0.05) is 63.3 Å². The largest absolute Gasteiger partial charge is 0.493 e. The maximum atomic E-state index is 12.4. The van der Waals surface area contributed by atoms with Crippen molar-refractivity contribution in [3.05, 3.63) is 39.4 Å². The molecule has 0 N–H and O–H groups in total. The predicted molar refractivity (Wildman–Crippen MR) is 118 cm³/mol. The van der Waals surface area contributed by atoms with Crippen molar-refractivity contribution >= 4 is 38.3 Å². The number of benzene rings is 1. The lowest BCUT2D eigenvalue weighted by Gasteiger charge is -2.23. The van der Waals surface area contributed by atoms with Crippen molar-refractivity contribution in [2.45, 2.75) is 53.9 Å². The van der Waals surface area contributed by atoms with E-state index in [-0.39, 0.29) is 15.3 Å². The van der Waals surface area contributed by atoms with E-state index < -0.39 is 0 Å². The molecule has 0 saturated carbocycles. The SMILES string of the molecule is Cc1ccc2c(OCCCSC(=O)C(C)(C)CCC(C)C)cc(=O)sc2c1. The lowest BCUT2D eigenvalue weighted by molar-refractivity contribution is -0.118. The molecule has 27 heavy (non-hydrogen) atoms. The van der Waals surface area contributed by atoms with Crippen LogP contribution >= 0.6 is 23.1 Å². The summed E-state index contributed by atoms with van der Waals surface area (Å²) in [6, 6.07) is 7.61. The molecule has 2 aromatic rings. The summed E-state index contributed by atoms with van der Waals surface area (Å²) in [6.45, 7) is 11.0. The molecule has 1 aromatic heterocycles. The highest BCUT2D eigenvalue weighted by Gasteiger charge is 2.27. The molecule has 5 heteroatoms. The number of carbonyl (C=O) groups is 1.